The lowest BCUT2D eigenvalue weighted by Crippen LogP contribution is -2.29. The Kier molecular flexibility index (Phi) is 3.46. The lowest BCUT2D eigenvalue weighted by atomic mass is 10.0. The van der Waals surface area contributed by atoms with Crippen LogP contribution in [0.1, 0.15) is 17.7 Å². The number of fused-ring (bicyclic) bond motifs is 1. The molecule has 1 aromatic heterocycles. The first kappa shape index (κ1) is 12.8. The van der Waals surface area contributed by atoms with E-state index in [4.69, 9.17) is 10.5 Å². The summed E-state index contributed by atoms with van der Waals surface area (Å²) in [5.41, 5.74) is 10.3. The second-order valence-corrected chi connectivity index (χ2v) is 5.08. The molecule has 2 heterocycles. The molecular weight excluding hydrogens is 250 g/mol. The molecule has 104 valence electrons. The molecule has 1 aliphatic rings. The third-order valence-electron chi connectivity index (χ3n) is 3.66. The summed E-state index contributed by atoms with van der Waals surface area (Å²) in [6, 6.07) is 12.1. The minimum absolute atomic E-state index is 0.664. The summed E-state index contributed by atoms with van der Waals surface area (Å²) in [6.45, 7) is 1.85. The molecule has 4 nitrogen and oxygen atoms in total. The zero-order chi connectivity index (χ0) is 13.9. The Morgan fingerprint density at radius 1 is 1.30 bits per heavy atom. The summed E-state index contributed by atoms with van der Waals surface area (Å²) in [5, 5.41) is 0. The number of rotatable bonds is 3. The normalized spacial score (nSPS) is 13.9. The molecule has 1 aromatic carbocycles. The van der Waals surface area contributed by atoms with E-state index in [1.54, 1.807) is 7.11 Å². The van der Waals surface area contributed by atoms with Gasteiger partial charge < -0.3 is 15.4 Å². The van der Waals surface area contributed by atoms with Crippen molar-refractivity contribution in [1.82, 2.24) is 4.98 Å². The Bertz CT molecular complexity index is 612. The van der Waals surface area contributed by atoms with E-state index in [0.717, 1.165) is 37.3 Å². The van der Waals surface area contributed by atoms with E-state index >= 15 is 0 Å². The number of benzene rings is 1. The molecule has 20 heavy (non-hydrogen) atoms. The largest absolute Gasteiger partial charge is 0.481 e. The number of methoxy groups -OCH3 is 1. The topological polar surface area (TPSA) is 51.4 Å². The average Bonchev–Trinajstić information content (AvgIpc) is 2.47. The molecule has 2 N–H and O–H groups in total. The van der Waals surface area contributed by atoms with Crippen LogP contribution in [0.15, 0.2) is 36.4 Å². The number of nitrogens with zero attached hydrogens (tertiary/aromatic N) is 2. The highest BCUT2D eigenvalue weighted by molar-refractivity contribution is 5.61. The summed E-state index contributed by atoms with van der Waals surface area (Å²) in [4.78, 5) is 6.85. The fourth-order valence-corrected chi connectivity index (χ4v) is 2.71. The fourth-order valence-electron chi connectivity index (χ4n) is 2.71. The van der Waals surface area contributed by atoms with Crippen LogP contribution in [-0.4, -0.2) is 18.6 Å². The predicted molar refractivity (Wildman–Crippen MR) is 81.0 cm³/mol. The molecule has 0 unspecified atom stereocenters. The van der Waals surface area contributed by atoms with Gasteiger partial charge in [-0.2, -0.15) is 0 Å². The maximum Gasteiger partial charge on any atom is 0.213 e. The lowest BCUT2D eigenvalue weighted by molar-refractivity contribution is 0.396. The summed E-state index contributed by atoms with van der Waals surface area (Å²) >= 11 is 0. The van der Waals surface area contributed by atoms with E-state index in [9.17, 15) is 0 Å². The van der Waals surface area contributed by atoms with Gasteiger partial charge in [-0.1, -0.05) is 6.07 Å². The highest BCUT2D eigenvalue weighted by Crippen LogP contribution is 2.29. The molecule has 3 rings (SSSR count). The molecule has 0 aliphatic carbocycles. The summed E-state index contributed by atoms with van der Waals surface area (Å²) in [6.07, 6.45) is 2.25. The molecular formula is C16H19N3O. The van der Waals surface area contributed by atoms with Gasteiger partial charge in [0.25, 0.3) is 0 Å². The minimum atomic E-state index is 0.664. The van der Waals surface area contributed by atoms with E-state index in [1.165, 1.54) is 11.3 Å². The number of pyridine rings is 1. The molecule has 0 atom stereocenters. The van der Waals surface area contributed by atoms with Crippen molar-refractivity contribution in [2.45, 2.75) is 19.4 Å². The molecule has 0 spiro atoms. The summed E-state index contributed by atoms with van der Waals surface area (Å²) in [7, 11) is 1.64. The van der Waals surface area contributed by atoms with E-state index in [-0.39, 0.29) is 0 Å². The van der Waals surface area contributed by atoms with Crippen LogP contribution in [-0.2, 0) is 13.0 Å². The third-order valence-corrected chi connectivity index (χ3v) is 3.66. The number of hydrogen-bond donors (Lipinski definition) is 1. The van der Waals surface area contributed by atoms with E-state index in [2.05, 4.69) is 22.0 Å². The van der Waals surface area contributed by atoms with Crippen LogP contribution in [0, 0.1) is 0 Å². The molecule has 2 aromatic rings. The van der Waals surface area contributed by atoms with E-state index in [0.29, 0.717) is 5.88 Å². The van der Waals surface area contributed by atoms with Crippen LogP contribution in [0.25, 0.3) is 0 Å². The first-order valence-corrected chi connectivity index (χ1v) is 6.89. The molecule has 1 aliphatic heterocycles. The monoisotopic (exact) mass is 269 g/mol. The van der Waals surface area contributed by atoms with Crippen molar-refractivity contribution in [2.75, 3.05) is 24.3 Å². The van der Waals surface area contributed by atoms with Gasteiger partial charge in [0.15, 0.2) is 0 Å². The maximum absolute atomic E-state index is 5.87. The van der Waals surface area contributed by atoms with Gasteiger partial charge in [-0.3, -0.25) is 0 Å². The van der Waals surface area contributed by atoms with Gasteiger partial charge in [0.05, 0.1) is 19.3 Å². The van der Waals surface area contributed by atoms with E-state index < -0.39 is 0 Å². The van der Waals surface area contributed by atoms with Gasteiger partial charge in [0.2, 0.25) is 5.88 Å². The molecule has 0 radical (unpaired) electrons. The molecule has 0 saturated carbocycles. The first-order valence-electron chi connectivity index (χ1n) is 6.89. The van der Waals surface area contributed by atoms with Crippen molar-refractivity contribution in [3.63, 3.8) is 0 Å². The van der Waals surface area contributed by atoms with Crippen molar-refractivity contribution >= 4 is 11.4 Å². The average molecular weight is 269 g/mol. The van der Waals surface area contributed by atoms with Crippen molar-refractivity contribution < 1.29 is 4.74 Å². The van der Waals surface area contributed by atoms with Crippen molar-refractivity contribution in [1.29, 1.82) is 0 Å². The van der Waals surface area contributed by atoms with Crippen molar-refractivity contribution in [2.24, 2.45) is 0 Å². The standard InChI is InChI=1S/C16H19N3O/c1-20-16-6-2-5-14(18-16)11-19-9-3-4-12-10-13(17)7-8-15(12)19/h2,5-8,10H,3-4,9,11,17H2,1H3. The zero-order valence-corrected chi connectivity index (χ0v) is 11.7. The number of hydrogen-bond acceptors (Lipinski definition) is 4. The highest BCUT2D eigenvalue weighted by atomic mass is 16.5. The van der Waals surface area contributed by atoms with Crippen LogP contribution >= 0.6 is 0 Å². The minimum Gasteiger partial charge on any atom is -0.481 e. The number of nitrogen functional groups attached to an aromatic ring is 1. The van der Waals surface area contributed by atoms with Gasteiger partial charge in [-0.15, -0.1) is 0 Å². The van der Waals surface area contributed by atoms with Crippen LogP contribution in [0.2, 0.25) is 0 Å². The van der Waals surface area contributed by atoms with Gasteiger partial charge in [-0.25, -0.2) is 4.98 Å². The fraction of sp³-hybridized carbons (Fsp3) is 0.312. The molecule has 0 bridgehead atoms. The smallest absolute Gasteiger partial charge is 0.213 e. The van der Waals surface area contributed by atoms with Crippen molar-refractivity contribution in [3.8, 4) is 5.88 Å². The van der Waals surface area contributed by atoms with Crippen LogP contribution in [0.3, 0.4) is 0 Å². The Morgan fingerprint density at radius 2 is 2.20 bits per heavy atom. The predicted octanol–water partition coefficient (Wildman–Crippen LogP) is 2.63. The Hall–Kier alpha value is -2.23. The Labute approximate surface area is 119 Å². The SMILES string of the molecule is COc1cccc(CN2CCCc3cc(N)ccc32)n1. The quantitative estimate of drug-likeness (QED) is 0.870. The molecule has 0 amide bonds. The number of nitrogens with two attached hydrogens (primary N) is 1. The zero-order valence-electron chi connectivity index (χ0n) is 11.7. The molecule has 0 fully saturated rings. The van der Waals surface area contributed by atoms with Crippen LogP contribution < -0.4 is 15.4 Å². The second-order valence-electron chi connectivity index (χ2n) is 5.08. The lowest BCUT2D eigenvalue weighted by Gasteiger charge is -2.31. The summed E-state index contributed by atoms with van der Waals surface area (Å²) in [5.74, 6) is 0.664. The maximum atomic E-state index is 5.87. The molecule has 0 saturated heterocycles. The number of ether oxygens (including phenoxy) is 1. The summed E-state index contributed by atoms with van der Waals surface area (Å²) < 4.78 is 5.18. The van der Waals surface area contributed by atoms with Crippen molar-refractivity contribution in [3.05, 3.63) is 47.7 Å². The van der Waals surface area contributed by atoms with Gasteiger partial charge in [0.1, 0.15) is 0 Å². The Morgan fingerprint density at radius 3 is 3.05 bits per heavy atom. The number of aromatic nitrogens is 1. The number of anilines is 2. The second kappa shape index (κ2) is 5.41. The van der Waals surface area contributed by atoms with Crippen LogP contribution in [0.4, 0.5) is 11.4 Å². The van der Waals surface area contributed by atoms with Gasteiger partial charge in [0, 0.05) is 24.0 Å². The van der Waals surface area contributed by atoms with Gasteiger partial charge >= 0.3 is 0 Å². The van der Waals surface area contributed by atoms with E-state index in [1.807, 2.05) is 24.3 Å². The van der Waals surface area contributed by atoms with Gasteiger partial charge in [-0.05, 0) is 42.7 Å². The third kappa shape index (κ3) is 2.54. The Balaban J connectivity index is 1.85. The van der Waals surface area contributed by atoms with Crippen LogP contribution in [0.5, 0.6) is 5.88 Å². The first-order chi connectivity index (χ1) is 9.76. The highest BCUT2D eigenvalue weighted by Gasteiger charge is 2.17. The number of aryl methyl sites for hydroxylation is 1. The molecule has 4 heteroatoms.